The molecule has 1 aliphatic heterocycles. The second-order valence-corrected chi connectivity index (χ2v) is 7.04. The molecule has 0 spiro atoms. The van der Waals surface area contributed by atoms with Gasteiger partial charge >= 0.3 is 0 Å². The van der Waals surface area contributed by atoms with Crippen molar-refractivity contribution in [2.75, 3.05) is 19.9 Å². The quantitative estimate of drug-likeness (QED) is 0.870. The van der Waals surface area contributed by atoms with Gasteiger partial charge in [-0.05, 0) is 30.5 Å². The highest BCUT2D eigenvalue weighted by Crippen LogP contribution is 2.20. The third-order valence-electron chi connectivity index (χ3n) is 3.53. The van der Waals surface area contributed by atoms with Crippen LogP contribution < -0.4 is 10.1 Å². The molecule has 1 atom stereocenters. The largest absolute Gasteiger partial charge is 0.497 e. The van der Waals surface area contributed by atoms with E-state index in [1.807, 2.05) is 24.3 Å². The topological polar surface area (TPSA) is 75.7 Å². The van der Waals surface area contributed by atoms with Gasteiger partial charge in [-0.25, -0.2) is 8.42 Å². The minimum absolute atomic E-state index is 0.249. The molecule has 1 amide bonds. The van der Waals surface area contributed by atoms with Crippen LogP contribution in [-0.4, -0.2) is 44.6 Å². The number of hydrogen-bond donors (Lipinski definition) is 1. The number of methoxy groups -OCH3 is 1. The Kier molecular flexibility index (Phi) is 4.84. The summed E-state index contributed by atoms with van der Waals surface area (Å²) >= 11 is 0. The zero-order valence-corrected chi connectivity index (χ0v) is 13.0. The molecule has 1 heterocycles. The van der Waals surface area contributed by atoms with Crippen molar-refractivity contribution in [3.8, 4) is 5.75 Å². The fraction of sp³-hybridized carbons (Fsp3) is 0.500. The van der Waals surface area contributed by atoms with Crippen LogP contribution in [0, 0.1) is 0 Å². The summed E-state index contributed by atoms with van der Waals surface area (Å²) in [4.78, 5) is 12.2. The van der Waals surface area contributed by atoms with Crippen molar-refractivity contribution in [2.45, 2.75) is 25.4 Å². The summed E-state index contributed by atoms with van der Waals surface area (Å²) in [6.07, 6.45) is 2.42. The Morgan fingerprint density at radius 2 is 2.24 bits per heavy atom. The fourth-order valence-electron chi connectivity index (χ4n) is 2.49. The first-order valence-corrected chi connectivity index (χ1v) is 8.64. The minimum atomic E-state index is -3.34. The van der Waals surface area contributed by atoms with Crippen molar-refractivity contribution in [1.29, 1.82) is 0 Å². The van der Waals surface area contributed by atoms with Gasteiger partial charge in [0.1, 0.15) is 11.8 Å². The summed E-state index contributed by atoms with van der Waals surface area (Å²) in [6, 6.07) is 6.80. The van der Waals surface area contributed by atoms with E-state index in [1.165, 1.54) is 4.31 Å². The Hall–Kier alpha value is -1.60. The number of benzene rings is 1. The molecule has 7 heteroatoms. The Labute approximate surface area is 125 Å². The van der Waals surface area contributed by atoms with E-state index in [9.17, 15) is 13.2 Å². The summed E-state index contributed by atoms with van der Waals surface area (Å²) in [5.74, 6) is 0.473. The molecule has 1 aromatic carbocycles. The second-order valence-electron chi connectivity index (χ2n) is 5.10. The van der Waals surface area contributed by atoms with Gasteiger partial charge in [0.2, 0.25) is 15.9 Å². The maximum Gasteiger partial charge on any atom is 0.238 e. The van der Waals surface area contributed by atoms with Crippen LogP contribution in [0.3, 0.4) is 0 Å². The molecule has 1 fully saturated rings. The van der Waals surface area contributed by atoms with Crippen molar-refractivity contribution < 1.29 is 17.9 Å². The molecule has 6 nitrogen and oxygen atoms in total. The molecule has 0 aliphatic carbocycles. The Balaban J connectivity index is 1.98. The van der Waals surface area contributed by atoms with Crippen LogP contribution in [0.25, 0.3) is 0 Å². The highest BCUT2D eigenvalue weighted by atomic mass is 32.2. The van der Waals surface area contributed by atoms with Crippen molar-refractivity contribution in [1.82, 2.24) is 9.62 Å². The third-order valence-corrected chi connectivity index (χ3v) is 4.82. The maximum atomic E-state index is 12.2. The number of hydrogen-bond acceptors (Lipinski definition) is 4. The van der Waals surface area contributed by atoms with Crippen molar-refractivity contribution >= 4 is 15.9 Å². The fourth-order valence-corrected chi connectivity index (χ4v) is 3.61. The van der Waals surface area contributed by atoms with E-state index in [0.717, 1.165) is 17.6 Å². The summed E-state index contributed by atoms with van der Waals surface area (Å²) < 4.78 is 29.7. The van der Waals surface area contributed by atoms with E-state index < -0.39 is 16.1 Å². The number of sulfonamides is 1. The summed E-state index contributed by atoms with van der Waals surface area (Å²) in [6.45, 7) is 0.764. The van der Waals surface area contributed by atoms with Crippen molar-refractivity contribution in [2.24, 2.45) is 0 Å². The normalized spacial score (nSPS) is 19.4. The average Bonchev–Trinajstić information content (AvgIpc) is 2.94. The first-order valence-electron chi connectivity index (χ1n) is 6.79. The molecule has 0 aromatic heterocycles. The van der Waals surface area contributed by atoms with Crippen molar-refractivity contribution in [3.63, 3.8) is 0 Å². The molecule has 0 bridgehead atoms. The molecule has 0 saturated carbocycles. The molecule has 1 aromatic rings. The van der Waals surface area contributed by atoms with Gasteiger partial charge in [-0.1, -0.05) is 12.1 Å². The number of rotatable bonds is 5. The molecule has 0 radical (unpaired) electrons. The minimum Gasteiger partial charge on any atom is -0.497 e. The van der Waals surface area contributed by atoms with E-state index in [-0.39, 0.29) is 5.91 Å². The monoisotopic (exact) mass is 312 g/mol. The molecule has 21 heavy (non-hydrogen) atoms. The molecule has 116 valence electrons. The number of nitrogens with one attached hydrogen (secondary N) is 1. The van der Waals surface area contributed by atoms with Crippen LogP contribution >= 0.6 is 0 Å². The first-order chi connectivity index (χ1) is 9.91. The molecule has 0 unspecified atom stereocenters. The van der Waals surface area contributed by atoms with Crippen LogP contribution in [0.1, 0.15) is 18.4 Å². The lowest BCUT2D eigenvalue weighted by Crippen LogP contribution is -2.45. The SMILES string of the molecule is COc1cccc(CNC(=O)[C@@H]2CCCN2S(C)(=O)=O)c1. The van der Waals surface area contributed by atoms with Crippen LogP contribution in [0.5, 0.6) is 5.75 Å². The van der Waals surface area contributed by atoms with Gasteiger partial charge in [0.15, 0.2) is 0 Å². The first kappa shape index (κ1) is 15.8. The highest BCUT2D eigenvalue weighted by molar-refractivity contribution is 7.88. The number of nitrogens with zero attached hydrogens (tertiary/aromatic N) is 1. The van der Waals surface area contributed by atoms with Gasteiger partial charge in [-0.3, -0.25) is 4.79 Å². The maximum absolute atomic E-state index is 12.2. The van der Waals surface area contributed by atoms with E-state index in [1.54, 1.807) is 7.11 Å². The molecule has 1 N–H and O–H groups in total. The summed E-state index contributed by atoms with van der Waals surface area (Å²) in [7, 11) is -1.75. The van der Waals surface area contributed by atoms with Gasteiger partial charge in [0.05, 0.1) is 13.4 Å². The van der Waals surface area contributed by atoms with Crippen LogP contribution in [0.2, 0.25) is 0 Å². The molecular weight excluding hydrogens is 292 g/mol. The Morgan fingerprint density at radius 1 is 1.48 bits per heavy atom. The smallest absolute Gasteiger partial charge is 0.238 e. The lowest BCUT2D eigenvalue weighted by atomic mass is 10.2. The lowest BCUT2D eigenvalue weighted by molar-refractivity contribution is -0.124. The number of amides is 1. The summed E-state index contributed by atoms with van der Waals surface area (Å²) in [5, 5.41) is 2.79. The summed E-state index contributed by atoms with van der Waals surface area (Å²) in [5.41, 5.74) is 0.909. The van der Waals surface area contributed by atoms with Gasteiger partial charge in [0, 0.05) is 13.1 Å². The highest BCUT2D eigenvalue weighted by Gasteiger charge is 2.36. The number of carbonyl (C=O) groups excluding carboxylic acids is 1. The zero-order chi connectivity index (χ0) is 15.5. The van der Waals surface area contributed by atoms with Crippen LogP contribution in [0.4, 0.5) is 0 Å². The predicted molar refractivity (Wildman–Crippen MR) is 79.4 cm³/mol. The number of carbonyl (C=O) groups is 1. The predicted octanol–water partition coefficient (Wildman–Crippen LogP) is 0.735. The van der Waals surface area contributed by atoms with Crippen molar-refractivity contribution in [3.05, 3.63) is 29.8 Å². The Bertz CT molecular complexity index is 615. The molecule has 2 rings (SSSR count). The van der Waals surface area contributed by atoms with E-state index in [4.69, 9.17) is 4.74 Å². The zero-order valence-electron chi connectivity index (χ0n) is 12.2. The second kappa shape index (κ2) is 6.44. The molecule has 1 saturated heterocycles. The molecular formula is C14H20N2O4S. The molecule has 1 aliphatic rings. The lowest BCUT2D eigenvalue weighted by Gasteiger charge is -2.21. The van der Waals surface area contributed by atoms with Gasteiger partial charge in [0.25, 0.3) is 0 Å². The van der Waals surface area contributed by atoms with Gasteiger partial charge < -0.3 is 10.1 Å². The van der Waals surface area contributed by atoms with E-state index >= 15 is 0 Å². The van der Waals surface area contributed by atoms with E-state index in [2.05, 4.69) is 5.32 Å². The van der Waals surface area contributed by atoms with Gasteiger partial charge in [-0.15, -0.1) is 0 Å². The van der Waals surface area contributed by atoms with Gasteiger partial charge in [-0.2, -0.15) is 4.31 Å². The standard InChI is InChI=1S/C14H20N2O4S/c1-20-12-6-3-5-11(9-12)10-15-14(17)13-7-4-8-16(13)21(2,18)19/h3,5-6,9,13H,4,7-8,10H2,1-2H3,(H,15,17)/t13-/m0/s1. The van der Waals surface area contributed by atoms with E-state index in [0.29, 0.717) is 25.9 Å². The number of ether oxygens (including phenoxy) is 1. The van der Waals surface area contributed by atoms with Crippen LogP contribution in [-0.2, 0) is 21.4 Å². The third kappa shape index (κ3) is 3.95. The Morgan fingerprint density at radius 3 is 2.90 bits per heavy atom. The van der Waals surface area contributed by atoms with Crippen LogP contribution in [0.15, 0.2) is 24.3 Å². The average molecular weight is 312 g/mol.